The van der Waals surface area contributed by atoms with E-state index in [1.54, 1.807) is 24.3 Å². The summed E-state index contributed by atoms with van der Waals surface area (Å²) in [6.45, 7) is 1.05. The topological polar surface area (TPSA) is 142 Å². The SMILES string of the molecule is CS(=O)(=O)c1ccc2nc(NC(=O)C3CCN(c4oc(-c5ccco5)nc4C#N)CC3)sc2c1. The van der Waals surface area contributed by atoms with Crippen molar-refractivity contribution in [3.05, 3.63) is 42.3 Å². The maximum Gasteiger partial charge on any atom is 0.266 e. The lowest BCUT2D eigenvalue weighted by atomic mass is 9.96. The minimum Gasteiger partial charge on any atom is -0.459 e. The molecule has 0 atom stereocenters. The smallest absolute Gasteiger partial charge is 0.266 e. The first kappa shape index (κ1) is 22.1. The molecule has 1 saturated heterocycles. The Morgan fingerprint density at radius 3 is 2.74 bits per heavy atom. The molecule has 1 N–H and O–H groups in total. The molecule has 34 heavy (non-hydrogen) atoms. The zero-order valence-electron chi connectivity index (χ0n) is 18.0. The fourth-order valence-corrected chi connectivity index (χ4v) is 5.48. The van der Waals surface area contributed by atoms with Gasteiger partial charge < -0.3 is 19.1 Å². The number of carbonyl (C=O) groups is 1. The van der Waals surface area contributed by atoms with Crippen molar-refractivity contribution in [2.24, 2.45) is 5.92 Å². The molecule has 1 amide bonds. The Labute approximate surface area is 198 Å². The Morgan fingerprint density at radius 2 is 2.06 bits per heavy atom. The molecule has 1 aliphatic heterocycles. The van der Waals surface area contributed by atoms with Crippen molar-refractivity contribution in [1.29, 1.82) is 5.26 Å². The fraction of sp³-hybridized carbons (Fsp3) is 0.273. The minimum absolute atomic E-state index is 0.142. The second-order valence-corrected chi connectivity index (χ2v) is 11.0. The van der Waals surface area contributed by atoms with Crippen molar-refractivity contribution in [3.8, 4) is 17.7 Å². The summed E-state index contributed by atoms with van der Waals surface area (Å²) in [6, 6.07) is 10.2. The van der Waals surface area contributed by atoms with E-state index < -0.39 is 9.84 Å². The third-order valence-electron chi connectivity index (χ3n) is 5.62. The number of aromatic nitrogens is 2. The van der Waals surface area contributed by atoms with Gasteiger partial charge in [-0.2, -0.15) is 10.2 Å². The summed E-state index contributed by atoms with van der Waals surface area (Å²) in [5.41, 5.74) is 0.807. The number of hydrogen-bond donors (Lipinski definition) is 1. The lowest BCUT2D eigenvalue weighted by Crippen LogP contribution is -2.38. The molecule has 0 unspecified atom stereocenters. The van der Waals surface area contributed by atoms with Gasteiger partial charge in [0.1, 0.15) is 6.07 Å². The van der Waals surface area contributed by atoms with Crippen LogP contribution in [0.15, 0.2) is 50.3 Å². The average Bonchev–Trinajstić information content (AvgIpc) is 3.56. The van der Waals surface area contributed by atoms with E-state index in [0.29, 0.717) is 52.9 Å². The molecule has 10 nitrogen and oxygen atoms in total. The van der Waals surface area contributed by atoms with E-state index in [1.807, 2.05) is 4.90 Å². The summed E-state index contributed by atoms with van der Waals surface area (Å²) in [5, 5.41) is 12.7. The van der Waals surface area contributed by atoms with Gasteiger partial charge in [0.05, 0.1) is 21.4 Å². The lowest BCUT2D eigenvalue weighted by molar-refractivity contribution is -0.120. The van der Waals surface area contributed by atoms with Crippen LogP contribution in [0.3, 0.4) is 0 Å². The van der Waals surface area contributed by atoms with Crippen LogP contribution in [0.4, 0.5) is 11.0 Å². The summed E-state index contributed by atoms with van der Waals surface area (Å²) >= 11 is 1.24. The van der Waals surface area contributed by atoms with Crippen LogP contribution in [0, 0.1) is 17.2 Å². The highest BCUT2D eigenvalue weighted by Gasteiger charge is 2.29. The van der Waals surface area contributed by atoms with E-state index in [1.165, 1.54) is 23.7 Å². The number of benzene rings is 1. The zero-order chi connectivity index (χ0) is 23.9. The van der Waals surface area contributed by atoms with Gasteiger partial charge in [-0.25, -0.2) is 13.4 Å². The molecule has 0 radical (unpaired) electrons. The number of furan rings is 1. The van der Waals surface area contributed by atoms with E-state index >= 15 is 0 Å². The van der Waals surface area contributed by atoms with Gasteiger partial charge in [-0.15, -0.1) is 0 Å². The molecule has 1 aliphatic rings. The number of nitrogens with one attached hydrogen (secondary N) is 1. The van der Waals surface area contributed by atoms with Gasteiger partial charge in [0.15, 0.2) is 20.7 Å². The molecule has 5 rings (SSSR count). The maximum atomic E-state index is 12.8. The van der Waals surface area contributed by atoms with Crippen LogP contribution in [-0.4, -0.2) is 43.6 Å². The van der Waals surface area contributed by atoms with Crippen molar-refractivity contribution in [3.63, 3.8) is 0 Å². The number of rotatable bonds is 5. The molecule has 4 aromatic rings. The van der Waals surface area contributed by atoms with Crippen LogP contribution in [0.25, 0.3) is 21.9 Å². The van der Waals surface area contributed by atoms with E-state index in [9.17, 15) is 18.5 Å². The maximum absolute atomic E-state index is 12.8. The Kier molecular flexibility index (Phi) is 5.59. The van der Waals surface area contributed by atoms with Crippen LogP contribution < -0.4 is 10.2 Å². The van der Waals surface area contributed by atoms with Gasteiger partial charge in [0.25, 0.3) is 5.89 Å². The van der Waals surface area contributed by atoms with Gasteiger partial charge in [-0.3, -0.25) is 4.79 Å². The molecular weight excluding hydrogens is 478 g/mol. The summed E-state index contributed by atoms with van der Waals surface area (Å²) in [7, 11) is -3.32. The first-order valence-corrected chi connectivity index (χ1v) is 13.1. The van der Waals surface area contributed by atoms with Crippen molar-refractivity contribution in [2.45, 2.75) is 17.7 Å². The number of piperidine rings is 1. The Balaban J connectivity index is 1.25. The van der Waals surface area contributed by atoms with Crippen LogP contribution >= 0.6 is 11.3 Å². The highest BCUT2D eigenvalue weighted by molar-refractivity contribution is 7.90. The average molecular weight is 498 g/mol. The van der Waals surface area contributed by atoms with Gasteiger partial charge in [0, 0.05) is 25.3 Å². The summed E-state index contributed by atoms with van der Waals surface area (Å²) in [5.74, 6) is 0.688. The molecule has 0 spiro atoms. The van der Waals surface area contributed by atoms with Gasteiger partial charge in [-0.05, 0) is 43.2 Å². The molecule has 174 valence electrons. The number of carbonyl (C=O) groups excluding carboxylic acids is 1. The molecule has 12 heteroatoms. The van der Waals surface area contributed by atoms with Crippen molar-refractivity contribution < 1.29 is 22.0 Å². The molecule has 3 aromatic heterocycles. The summed E-state index contributed by atoms with van der Waals surface area (Å²) in [4.78, 5) is 23.6. The number of oxazole rings is 1. The second-order valence-electron chi connectivity index (χ2n) is 7.93. The third-order valence-corrected chi connectivity index (χ3v) is 7.66. The number of hydrogen-bond acceptors (Lipinski definition) is 10. The highest BCUT2D eigenvalue weighted by atomic mass is 32.2. The number of fused-ring (bicyclic) bond motifs is 1. The number of anilines is 2. The van der Waals surface area contributed by atoms with Crippen LogP contribution in [0.1, 0.15) is 18.5 Å². The first-order chi connectivity index (χ1) is 16.3. The fourth-order valence-electron chi connectivity index (χ4n) is 3.85. The van der Waals surface area contributed by atoms with Gasteiger partial charge >= 0.3 is 0 Å². The van der Waals surface area contributed by atoms with Crippen LogP contribution in [0.2, 0.25) is 0 Å². The van der Waals surface area contributed by atoms with Crippen molar-refractivity contribution >= 4 is 48.3 Å². The molecule has 0 bridgehead atoms. The third kappa shape index (κ3) is 4.27. The van der Waals surface area contributed by atoms with Gasteiger partial charge in [-0.1, -0.05) is 11.3 Å². The standard InChI is InChI=1S/C22H19N5O5S2/c1-34(29,30)14-4-5-15-18(11-14)33-22(25-15)26-19(28)13-6-8-27(9-7-13)21-16(12-23)24-20(32-21)17-3-2-10-31-17/h2-5,10-11,13H,6-9H2,1H3,(H,25,26,28). The molecule has 1 fully saturated rings. The zero-order valence-corrected chi connectivity index (χ0v) is 19.6. The number of sulfone groups is 1. The van der Waals surface area contributed by atoms with E-state index in [0.717, 1.165) is 6.26 Å². The quantitative estimate of drug-likeness (QED) is 0.437. The molecule has 0 aliphatic carbocycles. The Hall–Kier alpha value is -3.69. The summed E-state index contributed by atoms with van der Waals surface area (Å²) in [6.07, 6.45) is 3.79. The first-order valence-electron chi connectivity index (χ1n) is 10.4. The lowest BCUT2D eigenvalue weighted by Gasteiger charge is -2.30. The number of nitriles is 1. The number of amides is 1. The minimum atomic E-state index is -3.32. The molecule has 1 aromatic carbocycles. The van der Waals surface area contributed by atoms with Crippen molar-refractivity contribution in [2.75, 3.05) is 29.6 Å². The Morgan fingerprint density at radius 1 is 1.26 bits per heavy atom. The van der Waals surface area contributed by atoms with E-state index in [-0.39, 0.29) is 28.3 Å². The predicted molar refractivity (Wildman–Crippen MR) is 125 cm³/mol. The predicted octanol–water partition coefficient (Wildman–Crippen LogP) is 3.67. The molecule has 4 heterocycles. The normalized spacial score (nSPS) is 14.9. The Bertz CT molecular complexity index is 1510. The van der Waals surface area contributed by atoms with Crippen LogP contribution in [-0.2, 0) is 14.6 Å². The van der Waals surface area contributed by atoms with E-state index in [4.69, 9.17) is 8.83 Å². The number of nitrogens with zero attached hydrogens (tertiary/aromatic N) is 4. The summed E-state index contributed by atoms with van der Waals surface area (Å²) < 4.78 is 35.3. The monoisotopic (exact) mass is 497 g/mol. The van der Waals surface area contributed by atoms with Crippen LogP contribution in [0.5, 0.6) is 0 Å². The van der Waals surface area contributed by atoms with Gasteiger partial charge in [0.2, 0.25) is 17.5 Å². The number of thiazole rings is 1. The molecule has 0 saturated carbocycles. The molecular formula is C22H19N5O5S2. The largest absolute Gasteiger partial charge is 0.459 e. The second kappa shape index (κ2) is 8.58. The van der Waals surface area contributed by atoms with Crippen molar-refractivity contribution in [1.82, 2.24) is 9.97 Å². The van der Waals surface area contributed by atoms with E-state index in [2.05, 4.69) is 21.4 Å². The highest BCUT2D eigenvalue weighted by Crippen LogP contribution is 2.32.